The maximum atomic E-state index is 11.7. The van der Waals surface area contributed by atoms with Gasteiger partial charge in [-0.25, -0.2) is 4.79 Å². The SMILES string of the molecule is CC(C)C1(Cn2cc(C(=O)O)ccc2=O)CC1. The predicted octanol–water partition coefficient (Wildman–Crippen LogP) is 1.98. The molecule has 1 aromatic heterocycles. The molecule has 0 bridgehead atoms. The van der Waals surface area contributed by atoms with Crippen molar-refractivity contribution in [2.24, 2.45) is 11.3 Å². The number of hydrogen-bond acceptors (Lipinski definition) is 2. The van der Waals surface area contributed by atoms with E-state index in [1.807, 2.05) is 0 Å². The first kappa shape index (κ1) is 11.9. The first-order valence-electron chi connectivity index (χ1n) is 5.88. The van der Waals surface area contributed by atoms with E-state index in [4.69, 9.17) is 5.11 Å². The molecule has 1 aliphatic carbocycles. The second-order valence-corrected chi connectivity index (χ2v) is 5.21. The van der Waals surface area contributed by atoms with Gasteiger partial charge in [-0.2, -0.15) is 0 Å². The zero-order valence-electron chi connectivity index (χ0n) is 10.1. The topological polar surface area (TPSA) is 59.3 Å². The summed E-state index contributed by atoms with van der Waals surface area (Å²) < 4.78 is 1.54. The second kappa shape index (κ2) is 4.02. The summed E-state index contributed by atoms with van der Waals surface area (Å²) in [6, 6.07) is 2.69. The largest absolute Gasteiger partial charge is 0.478 e. The zero-order chi connectivity index (χ0) is 12.6. The Labute approximate surface area is 99.9 Å². The van der Waals surface area contributed by atoms with Crippen molar-refractivity contribution < 1.29 is 9.90 Å². The van der Waals surface area contributed by atoms with Crippen LogP contribution in [0.2, 0.25) is 0 Å². The van der Waals surface area contributed by atoms with Crippen molar-refractivity contribution in [2.45, 2.75) is 33.2 Å². The lowest BCUT2D eigenvalue weighted by Crippen LogP contribution is -2.27. The molecule has 2 rings (SSSR count). The van der Waals surface area contributed by atoms with E-state index in [9.17, 15) is 9.59 Å². The minimum absolute atomic E-state index is 0.123. The van der Waals surface area contributed by atoms with Crippen molar-refractivity contribution in [1.82, 2.24) is 4.57 Å². The number of carboxylic acid groups (broad SMARTS) is 1. The number of rotatable bonds is 4. The molecule has 0 spiro atoms. The molecule has 17 heavy (non-hydrogen) atoms. The molecule has 1 saturated carbocycles. The van der Waals surface area contributed by atoms with Gasteiger partial charge in [0.25, 0.3) is 5.56 Å². The Bertz CT molecular complexity index is 498. The molecule has 1 heterocycles. The van der Waals surface area contributed by atoms with E-state index in [0.29, 0.717) is 12.5 Å². The van der Waals surface area contributed by atoms with Gasteiger partial charge >= 0.3 is 5.97 Å². The summed E-state index contributed by atoms with van der Waals surface area (Å²) in [5, 5.41) is 8.91. The van der Waals surface area contributed by atoms with E-state index >= 15 is 0 Å². The van der Waals surface area contributed by atoms with Crippen molar-refractivity contribution in [2.75, 3.05) is 0 Å². The summed E-state index contributed by atoms with van der Waals surface area (Å²) in [6.07, 6.45) is 3.69. The lowest BCUT2D eigenvalue weighted by molar-refractivity contribution is 0.0695. The summed E-state index contributed by atoms with van der Waals surface area (Å²) in [5.74, 6) is -0.476. The summed E-state index contributed by atoms with van der Waals surface area (Å²) >= 11 is 0. The van der Waals surface area contributed by atoms with Gasteiger partial charge in [-0.3, -0.25) is 4.79 Å². The Kier molecular flexibility index (Phi) is 2.81. The van der Waals surface area contributed by atoms with Crippen LogP contribution in [-0.2, 0) is 6.54 Å². The fourth-order valence-electron chi connectivity index (χ4n) is 2.20. The van der Waals surface area contributed by atoms with E-state index < -0.39 is 5.97 Å². The summed E-state index contributed by atoms with van der Waals surface area (Å²) in [7, 11) is 0. The van der Waals surface area contributed by atoms with E-state index in [2.05, 4.69) is 13.8 Å². The van der Waals surface area contributed by atoms with Gasteiger partial charge in [-0.05, 0) is 30.2 Å². The third-order valence-electron chi connectivity index (χ3n) is 3.83. The first-order valence-corrected chi connectivity index (χ1v) is 5.88. The molecule has 4 nitrogen and oxygen atoms in total. The third-order valence-corrected chi connectivity index (χ3v) is 3.83. The third kappa shape index (κ3) is 2.25. The lowest BCUT2D eigenvalue weighted by Gasteiger charge is -2.20. The molecule has 0 saturated heterocycles. The average Bonchev–Trinajstić information content (AvgIpc) is 3.02. The molecule has 1 aliphatic rings. The molecular formula is C13H17NO3. The number of aromatic nitrogens is 1. The van der Waals surface area contributed by atoms with Crippen LogP contribution in [0.15, 0.2) is 23.1 Å². The molecule has 0 aromatic carbocycles. The highest BCUT2D eigenvalue weighted by molar-refractivity contribution is 5.87. The number of pyridine rings is 1. The molecule has 0 unspecified atom stereocenters. The average molecular weight is 235 g/mol. The molecule has 1 N–H and O–H groups in total. The van der Waals surface area contributed by atoms with E-state index in [0.717, 1.165) is 12.8 Å². The number of carboxylic acids is 1. The highest BCUT2D eigenvalue weighted by Gasteiger charge is 2.45. The van der Waals surface area contributed by atoms with Crippen LogP contribution in [0.1, 0.15) is 37.0 Å². The Morgan fingerprint density at radius 2 is 2.12 bits per heavy atom. The van der Waals surface area contributed by atoms with E-state index in [-0.39, 0.29) is 16.5 Å². The quantitative estimate of drug-likeness (QED) is 0.868. The number of nitrogens with zero attached hydrogens (tertiary/aromatic N) is 1. The van der Waals surface area contributed by atoms with Crippen molar-refractivity contribution in [3.8, 4) is 0 Å². The number of aromatic carboxylic acids is 1. The molecule has 0 aliphatic heterocycles. The smallest absolute Gasteiger partial charge is 0.337 e. The Morgan fingerprint density at radius 3 is 2.59 bits per heavy atom. The Hall–Kier alpha value is -1.58. The van der Waals surface area contributed by atoms with Crippen molar-refractivity contribution in [1.29, 1.82) is 0 Å². The predicted molar refractivity (Wildman–Crippen MR) is 64.2 cm³/mol. The summed E-state index contributed by atoms with van der Waals surface area (Å²) in [4.78, 5) is 22.6. The molecule has 0 amide bonds. The molecule has 0 radical (unpaired) electrons. The van der Waals surface area contributed by atoms with Crippen LogP contribution in [0.3, 0.4) is 0 Å². The second-order valence-electron chi connectivity index (χ2n) is 5.21. The summed E-state index contributed by atoms with van der Waals surface area (Å²) in [6.45, 7) is 4.93. The maximum Gasteiger partial charge on any atom is 0.337 e. The fraction of sp³-hybridized carbons (Fsp3) is 0.538. The normalized spacial score (nSPS) is 17.1. The zero-order valence-corrected chi connectivity index (χ0v) is 10.1. The minimum atomic E-state index is -0.992. The van der Waals surface area contributed by atoms with Gasteiger partial charge in [0.1, 0.15) is 0 Å². The van der Waals surface area contributed by atoms with Gasteiger partial charge in [0.15, 0.2) is 0 Å². The maximum absolute atomic E-state index is 11.7. The molecule has 0 atom stereocenters. The Balaban J connectivity index is 2.30. The van der Waals surface area contributed by atoms with Crippen molar-refractivity contribution in [3.05, 3.63) is 34.2 Å². The van der Waals surface area contributed by atoms with Gasteiger partial charge in [0, 0.05) is 18.8 Å². The number of carbonyl (C=O) groups is 1. The monoisotopic (exact) mass is 235 g/mol. The highest BCUT2D eigenvalue weighted by Crippen LogP contribution is 2.52. The number of hydrogen-bond donors (Lipinski definition) is 1. The molecular weight excluding hydrogens is 218 g/mol. The molecule has 92 valence electrons. The van der Waals surface area contributed by atoms with E-state index in [1.54, 1.807) is 0 Å². The van der Waals surface area contributed by atoms with Gasteiger partial charge in [0.2, 0.25) is 0 Å². The molecule has 1 fully saturated rings. The standard InChI is InChI=1S/C13H17NO3/c1-9(2)13(5-6-13)8-14-7-10(12(16)17)3-4-11(14)15/h3-4,7,9H,5-6,8H2,1-2H3,(H,16,17). The van der Waals surface area contributed by atoms with Crippen molar-refractivity contribution >= 4 is 5.97 Å². The van der Waals surface area contributed by atoms with Gasteiger partial charge in [-0.1, -0.05) is 13.8 Å². The van der Waals surface area contributed by atoms with Crippen LogP contribution < -0.4 is 5.56 Å². The van der Waals surface area contributed by atoms with Crippen LogP contribution in [-0.4, -0.2) is 15.6 Å². The first-order chi connectivity index (χ1) is 7.94. The molecule has 1 aromatic rings. The van der Waals surface area contributed by atoms with Crippen LogP contribution in [0.4, 0.5) is 0 Å². The fourth-order valence-corrected chi connectivity index (χ4v) is 2.20. The van der Waals surface area contributed by atoms with Gasteiger partial charge in [-0.15, -0.1) is 0 Å². The Morgan fingerprint density at radius 1 is 1.47 bits per heavy atom. The highest BCUT2D eigenvalue weighted by atomic mass is 16.4. The minimum Gasteiger partial charge on any atom is -0.478 e. The lowest BCUT2D eigenvalue weighted by atomic mass is 9.92. The van der Waals surface area contributed by atoms with Crippen molar-refractivity contribution in [3.63, 3.8) is 0 Å². The van der Waals surface area contributed by atoms with Gasteiger partial charge < -0.3 is 9.67 Å². The summed E-state index contributed by atoms with van der Waals surface area (Å²) in [5.41, 5.74) is 0.243. The van der Waals surface area contributed by atoms with E-state index in [1.165, 1.54) is 22.9 Å². The van der Waals surface area contributed by atoms with Gasteiger partial charge in [0.05, 0.1) is 5.56 Å². The van der Waals surface area contributed by atoms with Crippen LogP contribution in [0.5, 0.6) is 0 Å². The van der Waals surface area contributed by atoms with Crippen LogP contribution in [0.25, 0.3) is 0 Å². The molecule has 4 heteroatoms. The van der Waals surface area contributed by atoms with Crippen LogP contribution in [0, 0.1) is 11.3 Å². The van der Waals surface area contributed by atoms with Crippen LogP contribution >= 0.6 is 0 Å².